The number of carbonyl (C=O) groups is 1. The second-order valence-corrected chi connectivity index (χ2v) is 8.68. The van der Waals surface area contributed by atoms with Crippen LogP contribution in [0.1, 0.15) is 142 Å². The summed E-state index contributed by atoms with van der Waals surface area (Å²) in [5.41, 5.74) is 0. The number of carbonyl (C=O) groups excluding carboxylic acids is 1. The van der Waals surface area contributed by atoms with Crippen molar-refractivity contribution in [3.8, 4) is 0 Å². The average molecular weight is 395 g/mol. The number of hydrogen-bond donors (Lipinski definition) is 1. The van der Waals surface area contributed by atoms with Crippen molar-refractivity contribution in [3.63, 3.8) is 0 Å². The quantitative estimate of drug-likeness (QED) is 0.140. The third kappa shape index (κ3) is 21.7. The molecule has 1 unspecified atom stereocenters. The highest BCUT2D eigenvalue weighted by molar-refractivity contribution is 5.89. The first-order valence-electron chi connectivity index (χ1n) is 12.5. The van der Waals surface area contributed by atoms with E-state index < -0.39 is 6.10 Å². The average Bonchev–Trinajstić information content (AvgIpc) is 2.69. The first kappa shape index (κ1) is 27.4. The van der Waals surface area contributed by atoms with Gasteiger partial charge in [-0.15, -0.1) is 0 Å². The molecular weight excluding hydrogens is 344 g/mol. The van der Waals surface area contributed by atoms with Crippen LogP contribution in [0.25, 0.3) is 0 Å². The highest BCUT2D eigenvalue weighted by atomic mass is 16.3. The van der Waals surface area contributed by atoms with Crippen LogP contribution in [0.15, 0.2) is 12.7 Å². The molecule has 0 aromatic heterocycles. The predicted molar refractivity (Wildman–Crippen MR) is 124 cm³/mol. The minimum Gasteiger partial charge on any atom is -0.393 e. The zero-order valence-electron chi connectivity index (χ0n) is 19.1. The van der Waals surface area contributed by atoms with Crippen molar-refractivity contribution in [3.05, 3.63) is 12.7 Å². The Labute approximate surface area is 176 Å². The topological polar surface area (TPSA) is 37.3 Å². The Morgan fingerprint density at radius 3 is 1.32 bits per heavy atom. The van der Waals surface area contributed by atoms with E-state index in [0.717, 1.165) is 12.8 Å². The van der Waals surface area contributed by atoms with Gasteiger partial charge in [0.25, 0.3) is 0 Å². The summed E-state index contributed by atoms with van der Waals surface area (Å²) in [6.07, 6.45) is 28.0. The van der Waals surface area contributed by atoms with Gasteiger partial charge in [0, 0.05) is 6.42 Å². The Bertz CT molecular complexity index is 337. The Morgan fingerprint density at radius 2 is 1.00 bits per heavy atom. The van der Waals surface area contributed by atoms with Gasteiger partial charge in [-0.25, -0.2) is 0 Å². The summed E-state index contributed by atoms with van der Waals surface area (Å²) in [6, 6.07) is 0. The van der Waals surface area contributed by atoms with E-state index >= 15 is 0 Å². The monoisotopic (exact) mass is 394 g/mol. The second-order valence-electron chi connectivity index (χ2n) is 8.68. The van der Waals surface area contributed by atoms with Gasteiger partial charge in [-0.2, -0.15) is 0 Å². The van der Waals surface area contributed by atoms with Crippen LogP contribution < -0.4 is 0 Å². The molecule has 0 radical (unpaired) electrons. The van der Waals surface area contributed by atoms with Crippen LogP contribution in [-0.4, -0.2) is 17.0 Å². The van der Waals surface area contributed by atoms with Crippen molar-refractivity contribution in [1.29, 1.82) is 0 Å². The third-order valence-corrected chi connectivity index (χ3v) is 5.81. The summed E-state index contributed by atoms with van der Waals surface area (Å²) >= 11 is 0. The van der Waals surface area contributed by atoms with Crippen LogP contribution >= 0.6 is 0 Å². The smallest absolute Gasteiger partial charge is 0.157 e. The SMILES string of the molecule is C=CC(=O)CC(O)CCCCCCCCCCCCCCCCCCCCC. The number of hydrogen-bond acceptors (Lipinski definition) is 2. The van der Waals surface area contributed by atoms with E-state index in [1.807, 2.05) is 0 Å². The fourth-order valence-corrected chi connectivity index (χ4v) is 3.88. The highest BCUT2D eigenvalue weighted by Crippen LogP contribution is 2.15. The van der Waals surface area contributed by atoms with E-state index in [-0.39, 0.29) is 12.2 Å². The van der Waals surface area contributed by atoms with Crippen LogP contribution in [-0.2, 0) is 4.79 Å². The van der Waals surface area contributed by atoms with Crippen molar-refractivity contribution >= 4 is 5.78 Å². The van der Waals surface area contributed by atoms with E-state index in [2.05, 4.69) is 13.5 Å². The molecule has 0 rings (SSSR count). The molecular formula is C26H50O2. The Morgan fingerprint density at radius 1 is 0.679 bits per heavy atom. The molecule has 0 bridgehead atoms. The van der Waals surface area contributed by atoms with Crippen LogP contribution in [0, 0.1) is 0 Å². The molecule has 0 fully saturated rings. The Kier molecular flexibility index (Phi) is 22.1. The minimum absolute atomic E-state index is 0.0506. The molecule has 2 nitrogen and oxygen atoms in total. The lowest BCUT2D eigenvalue weighted by Crippen LogP contribution is -2.11. The molecule has 0 spiro atoms. The molecule has 0 saturated carbocycles. The third-order valence-electron chi connectivity index (χ3n) is 5.81. The molecule has 0 aromatic carbocycles. The Balaban J connectivity index is 3.10. The predicted octanol–water partition coefficient (Wildman–Crippen LogP) is 8.31. The number of allylic oxidation sites excluding steroid dienone is 1. The van der Waals surface area contributed by atoms with Gasteiger partial charge in [0.1, 0.15) is 0 Å². The molecule has 1 atom stereocenters. The molecule has 0 aliphatic heterocycles. The van der Waals surface area contributed by atoms with Crippen molar-refractivity contribution in [2.45, 2.75) is 148 Å². The van der Waals surface area contributed by atoms with Crippen LogP contribution in [0.2, 0.25) is 0 Å². The zero-order chi connectivity index (χ0) is 20.7. The molecule has 0 aromatic rings. The molecule has 1 N–H and O–H groups in total. The molecule has 2 heteroatoms. The fraction of sp³-hybridized carbons (Fsp3) is 0.885. The van der Waals surface area contributed by atoms with Crippen molar-refractivity contribution in [2.24, 2.45) is 0 Å². The molecule has 0 aliphatic rings. The van der Waals surface area contributed by atoms with E-state index in [4.69, 9.17) is 0 Å². The lowest BCUT2D eigenvalue weighted by Gasteiger charge is -2.08. The van der Waals surface area contributed by atoms with Crippen LogP contribution in [0.3, 0.4) is 0 Å². The molecule has 0 saturated heterocycles. The Hall–Kier alpha value is -0.630. The van der Waals surface area contributed by atoms with Gasteiger partial charge in [0.15, 0.2) is 5.78 Å². The van der Waals surface area contributed by atoms with Crippen molar-refractivity contribution in [1.82, 2.24) is 0 Å². The standard InChI is InChI=1S/C26H50O2/c1-3-5-6-7-8-9-10-11-12-13-14-15-16-17-18-19-20-21-22-23-26(28)24-25(27)4-2/h4,26,28H,2-3,5-24H2,1H3. The number of aliphatic hydroxyl groups excluding tert-OH is 1. The van der Waals surface area contributed by atoms with Gasteiger partial charge in [-0.3, -0.25) is 4.79 Å². The van der Waals surface area contributed by atoms with E-state index in [1.165, 1.54) is 122 Å². The summed E-state index contributed by atoms with van der Waals surface area (Å²) < 4.78 is 0. The summed E-state index contributed by atoms with van der Waals surface area (Å²) in [5, 5.41) is 9.73. The maximum atomic E-state index is 11.1. The highest BCUT2D eigenvalue weighted by Gasteiger charge is 2.07. The number of aliphatic hydroxyl groups is 1. The summed E-state index contributed by atoms with van der Waals surface area (Å²) in [6.45, 7) is 5.72. The van der Waals surface area contributed by atoms with Crippen molar-refractivity contribution in [2.75, 3.05) is 0 Å². The maximum absolute atomic E-state index is 11.1. The lowest BCUT2D eigenvalue weighted by atomic mass is 10.0. The van der Waals surface area contributed by atoms with Gasteiger partial charge in [-0.1, -0.05) is 135 Å². The molecule has 166 valence electrons. The second kappa shape index (κ2) is 22.7. The van der Waals surface area contributed by atoms with Gasteiger partial charge >= 0.3 is 0 Å². The molecule has 0 aliphatic carbocycles. The first-order chi connectivity index (χ1) is 13.7. The number of unbranched alkanes of at least 4 members (excludes halogenated alkanes) is 18. The van der Waals surface area contributed by atoms with Gasteiger partial charge < -0.3 is 5.11 Å². The largest absolute Gasteiger partial charge is 0.393 e. The molecule has 0 heterocycles. The van der Waals surface area contributed by atoms with Gasteiger partial charge in [-0.05, 0) is 12.5 Å². The summed E-state index contributed by atoms with van der Waals surface area (Å²) in [5.74, 6) is -0.0506. The molecule has 0 amide bonds. The van der Waals surface area contributed by atoms with Gasteiger partial charge in [0.05, 0.1) is 6.10 Å². The van der Waals surface area contributed by atoms with Crippen molar-refractivity contribution < 1.29 is 9.90 Å². The normalized spacial score (nSPS) is 12.2. The van der Waals surface area contributed by atoms with Gasteiger partial charge in [0.2, 0.25) is 0 Å². The first-order valence-corrected chi connectivity index (χ1v) is 12.5. The molecule has 28 heavy (non-hydrogen) atoms. The lowest BCUT2D eigenvalue weighted by molar-refractivity contribution is -0.116. The van der Waals surface area contributed by atoms with Crippen LogP contribution in [0.4, 0.5) is 0 Å². The zero-order valence-corrected chi connectivity index (χ0v) is 19.1. The minimum atomic E-state index is -0.476. The maximum Gasteiger partial charge on any atom is 0.157 e. The summed E-state index contributed by atoms with van der Waals surface area (Å²) in [4.78, 5) is 11.1. The van der Waals surface area contributed by atoms with E-state index in [1.54, 1.807) is 0 Å². The van der Waals surface area contributed by atoms with E-state index in [0.29, 0.717) is 0 Å². The number of rotatable bonds is 23. The van der Waals surface area contributed by atoms with E-state index in [9.17, 15) is 9.90 Å². The number of ketones is 1. The van der Waals surface area contributed by atoms with Crippen LogP contribution in [0.5, 0.6) is 0 Å². The summed E-state index contributed by atoms with van der Waals surface area (Å²) in [7, 11) is 0. The fourth-order valence-electron chi connectivity index (χ4n) is 3.88.